The normalized spacial score (nSPS) is 11.7. The molecule has 0 heterocycles. The first-order valence-corrected chi connectivity index (χ1v) is 8.52. The van der Waals surface area contributed by atoms with Gasteiger partial charge in [0.15, 0.2) is 0 Å². The largest absolute Gasteiger partial charge is 0.282 e. The number of unbranched alkanes of at least 4 members (excludes halogenated alkanes) is 9. The molecule has 2 heteroatoms. The molecule has 0 aromatic heterocycles. The number of carbonyl (C=O) groups is 1. The van der Waals surface area contributed by atoms with Crippen molar-refractivity contribution in [3.63, 3.8) is 0 Å². The maximum Gasteiger partial charge on any atom is 0.218 e. The van der Waals surface area contributed by atoms with Crippen molar-refractivity contribution < 1.29 is 4.79 Å². The predicted molar refractivity (Wildman–Crippen MR) is 87.5 cm³/mol. The fourth-order valence-corrected chi connectivity index (χ4v) is 2.48. The molecule has 0 unspecified atom stereocenters. The van der Waals surface area contributed by atoms with Crippen LogP contribution in [0.4, 0.5) is 0 Å². The van der Waals surface area contributed by atoms with Crippen molar-refractivity contribution in [2.45, 2.75) is 97.8 Å². The Morgan fingerprint density at radius 3 is 1.47 bits per heavy atom. The molecule has 0 aromatic carbocycles. The molecule has 0 spiro atoms. The van der Waals surface area contributed by atoms with Crippen LogP contribution >= 0.6 is 12.6 Å². The van der Waals surface area contributed by atoms with Gasteiger partial charge in [0, 0.05) is 6.42 Å². The minimum absolute atomic E-state index is 0.0738. The summed E-state index contributed by atoms with van der Waals surface area (Å²) in [6.07, 6.45) is 15.1. The van der Waals surface area contributed by atoms with E-state index in [1.54, 1.807) is 0 Å². The summed E-state index contributed by atoms with van der Waals surface area (Å²) in [5, 5.41) is -0.0738. The Morgan fingerprint density at radius 2 is 1.11 bits per heavy atom. The first kappa shape index (κ1) is 18.9. The third-order valence-electron chi connectivity index (χ3n) is 3.56. The molecule has 0 saturated heterocycles. The zero-order chi connectivity index (χ0) is 14.6. The standard InChI is InChI=1S/C17H33OS/c1-17(2,3)15-13-11-9-7-5-4-6-8-10-12-14-16(18)19/h4-15H2,1-3H3. The summed E-state index contributed by atoms with van der Waals surface area (Å²) in [7, 11) is 0. The van der Waals surface area contributed by atoms with Crippen molar-refractivity contribution in [2.24, 2.45) is 5.41 Å². The first-order valence-electron chi connectivity index (χ1n) is 8.12. The van der Waals surface area contributed by atoms with E-state index in [-0.39, 0.29) is 5.12 Å². The van der Waals surface area contributed by atoms with Crippen molar-refractivity contribution >= 4 is 17.7 Å². The molecule has 1 nitrogen and oxygen atoms in total. The molecule has 0 saturated carbocycles. The maximum atomic E-state index is 10.6. The van der Waals surface area contributed by atoms with Crippen LogP contribution in [-0.2, 0) is 4.79 Å². The van der Waals surface area contributed by atoms with Crippen LogP contribution in [0, 0.1) is 5.41 Å². The lowest BCUT2D eigenvalue weighted by atomic mass is 9.89. The minimum Gasteiger partial charge on any atom is -0.282 e. The second-order valence-electron chi connectivity index (χ2n) is 6.97. The van der Waals surface area contributed by atoms with Gasteiger partial charge in [-0.25, -0.2) is 0 Å². The molecule has 0 fully saturated rings. The second-order valence-corrected chi connectivity index (χ2v) is 7.42. The molecule has 0 bridgehead atoms. The van der Waals surface area contributed by atoms with Crippen LogP contribution in [0.15, 0.2) is 0 Å². The third kappa shape index (κ3) is 17.9. The maximum absolute atomic E-state index is 10.6. The summed E-state index contributed by atoms with van der Waals surface area (Å²) < 4.78 is 0. The molecule has 0 atom stereocenters. The van der Waals surface area contributed by atoms with Gasteiger partial charge in [0.05, 0.1) is 0 Å². The van der Waals surface area contributed by atoms with Crippen molar-refractivity contribution in [3.05, 3.63) is 0 Å². The van der Waals surface area contributed by atoms with Crippen LogP contribution in [0.2, 0.25) is 0 Å². The number of hydrogen-bond acceptors (Lipinski definition) is 1. The summed E-state index contributed by atoms with van der Waals surface area (Å²) in [6.45, 7) is 6.98. The lowest BCUT2D eigenvalue weighted by molar-refractivity contribution is -0.110. The van der Waals surface area contributed by atoms with Crippen LogP contribution in [0.1, 0.15) is 97.8 Å². The first-order chi connectivity index (χ1) is 8.92. The smallest absolute Gasteiger partial charge is 0.218 e. The molecule has 113 valence electrons. The molecule has 0 aliphatic carbocycles. The van der Waals surface area contributed by atoms with Gasteiger partial charge in [-0.1, -0.05) is 78.6 Å². The van der Waals surface area contributed by atoms with E-state index in [1.807, 2.05) is 0 Å². The van der Waals surface area contributed by atoms with Crippen LogP contribution in [-0.4, -0.2) is 5.12 Å². The third-order valence-corrected chi connectivity index (χ3v) is 3.76. The zero-order valence-corrected chi connectivity index (χ0v) is 14.1. The Morgan fingerprint density at radius 1 is 0.737 bits per heavy atom. The average Bonchev–Trinajstić information content (AvgIpc) is 2.28. The summed E-state index contributed by atoms with van der Waals surface area (Å²) in [5.74, 6) is 0. The fourth-order valence-electron chi connectivity index (χ4n) is 2.34. The molecule has 0 aromatic rings. The summed E-state index contributed by atoms with van der Waals surface area (Å²) in [4.78, 5) is 10.6. The summed E-state index contributed by atoms with van der Waals surface area (Å²) in [5.41, 5.74) is 0.506. The summed E-state index contributed by atoms with van der Waals surface area (Å²) >= 11 is 4.53. The van der Waals surface area contributed by atoms with Gasteiger partial charge >= 0.3 is 0 Å². The van der Waals surface area contributed by atoms with Crippen LogP contribution < -0.4 is 0 Å². The lowest BCUT2D eigenvalue weighted by Gasteiger charge is -2.17. The van der Waals surface area contributed by atoms with Gasteiger partial charge in [-0.3, -0.25) is 4.79 Å². The van der Waals surface area contributed by atoms with E-state index in [9.17, 15) is 4.79 Å². The van der Waals surface area contributed by atoms with E-state index in [0.29, 0.717) is 11.8 Å². The Bertz CT molecular complexity index is 218. The van der Waals surface area contributed by atoms with E-state index in [1.165, 1.54) is 64.2 Å². The number of rotatable bonds is 12. The second kappa shape index (κ2) is 11.7. The Kier molecular flexibility index (Phi) is 11.6. The van der Waals surface area contributed by atoms with Gasteiger partial charge < -0.3 is 0 Å². The highest BCUT2D eigenvalue weighted by molar-refractivity contribution is 7.96. The van der Waals surface area contributed by atoms with E-state index in [0.717, 1.165) is 6.42 Å². The van der Waals surface area contributed by atoms with Gasteiger partial charge in [-0.05, 0) is 30.9 Å². The van der Waals surface area contributed by atoms with Crippen LogP contribution in [0.3, 0.4) is 0 Å². The summed E-state index contributed by atoms with van der Waals surface area (Å²) in [6, 6.07) is 0. The van der Waals surface area contributed by atoms with E-state index in [4.69, 9.17) is 0 Å². The molecule has 0 rings (SSSR count). The SMILES string of the molecule is CC(C)(C)CCCCCCCCCCCCC(=O)[S]. The molecular weight excluding hydrogens is 252 g/mol. The monoisotopic (exact) mass is 285 g/mol. The molecule has 19 heavy (non-hydrogen) atoms. The van der Waals surface area contributed by atoms with Crippen molar-refractivity contribution in [1.82, 2.24) is 0 Å². The average molecular weight is 286 g/mol. The quantitative estimate of drug-likeness (QED) is 0.377. The van der Waals surface area contributed by atoms with Crippen LogP contribution in [0.5, 0.6) is 0 Å². The molecule has 0 amide bonds. The minimum atomic E-state index is -0.0738. The molecule has 0 N–H and O–H groups in total. The zero-order valence-electron chi connectivity index (χ0n) is 13.3. The highest BCUT2D eigenvalue weighted by Gasteiger charge is 2.08. The van der Waals surface area contributed by atoms with Crippen LogP contribution in [0.25, 0.3) is 0 Å². The van der Waals surface area contributed by atoms with E-state index >= 15 is 0 Å². The molecular formula is C17H33OS. The van der Waals surface area contributed by atoms with Gasteiger partial charge in [-0.2, -0.15) is 0 Å². The topological polar surface area (TPSA) is 17.1 Å². The highest BCUT2D eigenvalue weighted by atomic mass is 32.1. The Labute approximate surface area is 126 Å². The van der Waals surface area contributed by atoms with Crippen molar-refractivity contribution in [1.29, 1.82) is 0 Å². The number of hydrogen-bond donors (Lipinski definition) is 0. The van der Waals surface area contributed by atoms with Gasteiger partial charge in [0.2, 0.25) is 5.12 Å². The fraction of sp³-hybridized carbons (Fsp3) is 0.941. The van der Waals surface area contributed by atoms with E-state index in [2.05, 4.69) is 33.4 Å². The highest BCUT2D eigenvalue weighted by Crippen LogP contribution is 2.22. The Hall–Kier alpha value is -0.110. The van der Waals surface area contributed by atoms with Crippen molar-refractivity contribution in [3.8, 4) is 0 Å². The Balaban J connectivity index is 3.05. The molecule has 0 aliphatic rings. The predicted octanol–water partition coefficient (Wildman–Crippen LogP) is 6.44. The lowest BCUT2D eigenvalue weighted by Crippen LogP contribution is -2.03. The van der Waals surface area contributed by atoms with Gasteiger partial charge in [-0.15, -0.1) is 0 Å². The van der Waals surface area contributed by atoms with Gasteiger partial charge in [0.1, 0.15) is 0 Å². The van der Waals surface area contributed by atoms with Crippen molar-refractivity contribution in [2.75, 3.05) is 0 Å². The number of carbonyl (C=O) groups excluding carboxylic acids is 1. The molecule has 1 radical (unpaired) electrons. The van der Waals surface area contributed by atoms with Gasteiger partial charge in [0.25, 0.3) is 0 Å². The van der Waals surface area contributed by atoms with E-state index < -0.39 is 0 Å². The molecule has 0 aliphatic heterocycles.